The second kappa shape index (κ2) is 4.82. The summed E-state index contributed by atoms with van der Waals surface area (Å²) in [5.41, 5.74) is 3.31. The SMILES string of the molecule is Cc1cc2ccccc2n1Cc1ccc(F)c(C#N)c1. The maximum absolute atomic E-state index is 13.4. The highest BCUT2D eigenvalue weighted by Gasteiger charge is 2.07. The summed E-state index contributed by atoms with van der Waals surface area (Å²) in [7, 11) is 0. The number of fused-ring (bicyclic) bond motifs is 1. The molecule has 0 N–H and O–H groups in total. The van der Waals surface area contributed by atoms with Gasteiger partial charge in [-0.1, -0.05) is 24.3 Å². The van der Waals surface area contributed by atoms with Crippen LogP contribution in [0.4, 0.5) is 4.39 Å². The minimum atomic E-state index is -0.467. The lowest BCUT2D eigenvalue weighted by atomic mass is 10.1. The van der Waals surface area contributed by atoms with Crippen molar-refractivity contribution in [1.29, 1.82) is 5.26 Å². The molecule has 0 saturated heterocycles. The van der Waals surface area contributed by atoms with Gasteiger partial charge in [-0.15, -0.1) is 0 Å². The Morgan fingerprint density at radius 2 is 1.95 bits per heavy atom. The summed E-state index contributed by atoms with van der Waals surface area (Å²) in [6, 6.07) is 16.9. The predicted molar refractivity (Wildman–Crippen MR) is 76.9 cm³/mol. The van der Waals surface area contributed by atoms with Gasteiger partial charge in [-0.2, -0.15) is 5.26 Å². The second-order valence-electron chi connectivity index (χ2n) is 4.86. The number of halogens is 1. The quantitative estimate of drug-likeness (QED) is 0.687. The molecule has 0 saturated carbocycles. The van der Waals surface area contributed by atoms with E-state index in [0.29, 0.717) is 6.54 Å². The maximum atomic E-state index is 13.4. The van der Waals surface area contributed by atoms with Gasteiger partial charge in [0.1, 0.15) is 11.9 Å². The number of hydrogen-bond acceptors (Lipinski definition) is 1. The Labute approximate surface area is 116 Å². The van der Waals surface area contributed by atoms with Crippen LogP contribution in [0.25, 0.3) is 10.9 Å². The van der Waals surface area contributed by atoms with Gasteiger partial charge in [-0.25, -0.2) is 4.39 Å². The van der Waals surface area contributed by atoms with Crippen LogP contribution in [0.1, 0.15) is 16.8 Å². The topological polar surface area (TPSA) is 28.7 Å². The molecule has 0 spiro atoms. The molecule has 2 nitrogen and oxygen atoms in total. The molecule has 0 radical (unpaired) electrons. The zero-order chi connectivity index (χ0) is 14.1. The van der Waals surface area contributed by atoms with Crippen molar-refractivity contribution < 1.29 is 4.39 Å². The maximum Gasteiger partial charge on any atom is 0.140 e. The Kier molecular flexibility index (Phi) is 3.00. The summed E-state index contributed by atoms with van der Waals surface area (Å²) in [6.45, 7) is 2.68. The molecule has 1 heterocycles. The standard InChI is InChI=1S/C17H13FN2/c1-12-8-14-4-2-3-5-17(14)20(12)11-13-6-7-16(18)15(9-13)10-19/h2-9H,11H2,1H3. The Morgan fingerprint density at radius 1 is 1.15 bits per heavy atom. The summed E-state index contributed by atoms with van der Waals surface area (Å²) in [5, 5.41) is 10.1. The third-order valence-corrected chi connectivity index (χ3v) is 3.51. The molecule has 0 aliphatic rings. The molecular weight excluding hydrogens is 251 g/mol. The third kappa shape index (κ3) is 2.06. The predicted octanol–water partition coefficient (Wildman–Crippen LogP) is 4.01. The monoisotopic (exact) mass is 264 g/mol. The Morgan fingerprint density at radius 3 is 2.75 bits per heavy atom. The van der Waals surface area contributed by atoms with Crippen molar-refractivity contribution in [3.63, 3.8) is 0 Å². The minimum absolute atomic E-state index is 0.0941. The van der Waals surface area contributed by atoms with Crippen LogP contribution in [0.15, 0.2) is 48.5 Å². The number of para-hydroxylation sites is 1. The summed E-state index contributed by atoms with van der Waals surface area (Å²) in [4.78, 5) is 0. The molecular formula is C17H13FN2. The van der Waals surface area contributed by atoms with Crippen LogP contribution >= 0.6 is 0 Å². The van der Waals surface area contributed by atoms with E-state index in [0.717, 1.165) is 16.8 Å². The lowest BCUT2D eigenvalue weighted by Crippen LogP contribution is -2.02. The number of nitrogens with zero attached hydrogens (tertiary/aromatic N) is 2. The van der Waals surface area contributed by atoms with E-state index in [1.165, 1.54) is 11.5 Å². The molecule has 20 heavy (non-hydrogen) atoms. The number of benzene rings is 2. The first-order chi connectivity index (χ1) is 9.69. The largest absolute Gasteiger partial charge is 0.340 e. The fourth-order valence-electron chi connectivity index (χ4n) is 2.50. The number of aromatic nitrogens is 1. The first-order valence-electron chi connectivity index (χ1n) is 6.42. The summed E-state index contributed by atoms with van der Waals surface area (Å²) in [5.74, 6) is -0.467. The van der Waals surface area contributed by atoms with Gasteiger partial charge in [0.2, 0.25) is 0 Å². The van der Waals surface area contributed by atoms with Crippen molar-refractivity contribution in [3.05, 3.63) is 71.2 Å². The van der Waals surface area contributed by atoms with Gasteiger partial charge in [-0.05, 0) is 42.1 Å². The first-order valence-corrected chi connectivity index (χ1v) is 6.42. The molecule has 0 unspecified atom stereocenters. The average Bonchev–Trinajstić information content (AvgIpc) is 2.77. The molecule has 0 atom stereocenters. The minimum Gasteiger partial charge on any atom is -0.340 e. The molecule has 0 aliphatic carbocycles. The fraction of sp³-hybridized carbons (Fsp3) is 0.118. The van der Waals surface area contributed by atoms with E-state index in [4.69, 9.17) is 5.26 Å². The average molecular weight is 264 g/mol. The smallest absolute Gasteiger partial charge is 0.140 e. The number of aryl methyl sites for hydroxylation is 1. The van der Waals surface area contributed by atoms with Crippen molar-refractivity contribution in [2.75, 3.05) is 0 Å². The normalized spacial score (nSPS) is 10.7. The van der Waals surface area contributed by atoms with E-state index in [2.05, 4.69) is 29.7 Å². The highest BCUT2D eigenvalue weighted by atomic mass is 19.1. The van der Waals surface area contributed by atoms with Crippen LogP contribution in [-0.2, 0) is 6.54 Å². The summed E-state index contributed by atoms with van der Waals surface area (Å²) >= 11 is 0. The molecule has 0 bridgehead atoms. The van der Waals surface area contributed by atoms with Gasteiger partial charge in [0.05, 0.1) is 5.56 Å². The molecule has 0 amide bonds. The van der Waals surface area contributed by atoms with E-state index in [1.54, 1.807) is 12.1 Å². The zero-order valence-electron chi connectivity index (χ0n) is 11.1. The van der Waals surface area contributed by atoms with Crippen LogP contribution in [-0.4, -0.2) is 4.57 Å². The van der Waals surface area contributed by atoms with E-state index in [-0.39, 0.29) is 5.56 Å². The van der Waals surface area contributed by atoms with E-state index < -0.39 is 5.82 Å². The Bertz CT molecular complexity index is 825. The van der Waals surface area contributed by atoms with Crippen molar-refractivity contribution in [2.45, 2.75) is 13.5 Å². The molecule has 1 aromatic heterocycles. The van der Waals surface area contributed by atoms with Crippen LogP contribution in [0.5, 0.6) is 0 Å². The van der Waals surface area contributed by atoms with Gasteiger partial charge in [-0.3, -0.25) is 0 Å². The van der Waals surface area contributed by atoms with Crippen molar-refractivity contribution in [1.82, 2.24) is 4.57 Å². The number of nitriles is 1. The van der Waals surface area contributed by atoms with Crippen molar-refractivity contribution in [2.24, 2.45) is 0 Å². The zero-order valence-corrected chi connectivity index (χ0v) is 11.1. The van der Waals surface area contributed by atoms with E-state index in [1.807, 2.05) is 18.2 Å². The van der Waals surface area contributed by atoms with Crippen molar-refractivity contribution in [3.8, 4) is 6.07 Å². The molecule has 3 rings (SSSR count). The highest BCUT2D eigenvalue weighted by Crippen LogP contribution is 2.21. The first kappa shape index (κ1) is 12.4. The van der Waals surface area contributed by atoms with Crippen LogP contribution < -0.4 is 0 Å². The molecule has 0 fully saturated rings. The van der Waals surface area contributed by atoms with Gasteiger partial charge >= 0.3 is 0 Å². The Hall–Kier alpha value is -2.60. The highest BCUT2D eigenvalue weighted by molar-refractivity contribution is 5.81. The lowest BCUT2D eigenvalue weighted by Gasteiger charge is -2.09. The van der Waals surface area contributed by atoms with Crippen molar-refractivity contribution >= 4 is 10.9 Å². The van der Waals surface area contributed by atoms with E-state index >= 15 is 0 Å². The Balaban J connectivity index is 2.06. The van der Waals surface area contributed by atoms with Crippen LogP contribution in [0, 0.1) is 24.1 Å². The molecule has 98 valence electrons. The van der Waals surface area contributed by atoms with Gasteiger partial charge in [0.15, 0.2) is 0 Å². The van der Waals surface area contributed by atoms with Gasteiger partial charge < -0.3 is 4.57 Å². The molecule has 0 aliphatic heterocycles. The van der Waals surface area contributed by atoms with Crippen LogP contribution in [0.3, 0.4) is 0 Å². The van der Waals surface area contributed by atoms with Crippen LogP contribution in [0.2, 0.25) is 0 Å². The molecule has 3 aromatic rings. The number of hydrogen-bond donors (Lipinski definition) is 0. The second-order valence-corrected chi connectivity index (χ2v) is 4.86. The third-order valence-electron chi connectivity index (χ3n) is 3.51. The summed E-state index contributed by atoms with van der Waals surface area (Å²) in [6.07, 6.45) is 0. The van der Waals surface area contributed by atoms with Gasteiger partial charge in [0, 0.05) is 17.8 Å². The van der Waals surface area contributed by atoms with Gasteiger partial charge in [0.25, 0.3) is 0 Å². The van der Waals surface area contributed by atoms with E-state index in [9.17, 15) is 4.39 Å². The molecule has 2 aromatic carbocycles. The lowest BCUT2D eigenvalue weighted by molar-refractivity contribution is 0.622. The number of rotatable bonds is 2. The molecule has 3 heteroatoms. The fourth-order valence-corrected chi connectivity index (χ4v) is 2.50. The summed E-state index contributed by atoms with van der Waals surface area (Å²) < 4.78 is 15.5.